The lowest BCUT2D eigenvalue weighted by atomic mass is 10.0. The third kappa shape index (κ3) is 7.86. The zero-order valence-electron chi connectivity index (χ0n) is 8.39. The third-order valence-corrected chi connectivity index (χ3v) is 2.04. The van der Waals surface area contributed by atoms with E-state index in [-0.39, 0.29) is 0 Å². The fourth-order valence-corrected chi connectivity index (χ4v) is 1.10. The Bertz CT molecular complexity index is 78.9. The smallest absolute Gasteiger partial charge is 0.0543 e. The molecule has 0 aliphatic rings. The van der Waals surface area contributed by atoms with Gasteiger partial charge in [0.2, 0.25) is 0 Å². The van der Waals surface area contributed by atoms with Crippen molar-refractivity contribution in [2.45, 2.75) is 52.6 Å². The van der Waals surface area contributed by atoms with E-state index in [4.69, 9.17) is 4.74 Å². The summed E-state index contributed by atoms with van der Waals surface area (Å²) in [4.78, 5) is 0. The molecule has 0 aliphatic heterocycles. The molecule has 0 aromatic rings. The molecular weight excluding hydrogens is 136 g/mol. The lowest BCUT2D eigenvalue weighted by molar-refractivity contribution is 0.108. The summed E-state index contributed by atoms with van der Waals surface area (Å²) in [5, 5.41) is 0. The van der Waals surface area contributed by atoms with E-state index in [0.717, 1.165) is 5.92 Å². The van der Waals surface area contributed by atoms with Crippen LogP contribution in [0.4, 0.5) is 0 Å². The predicted octanol–water partition coefficient (Wildman–Crippen LogP) is 3.24. The molecule has 0 heterocycles. The number of hydrogen-bond acceptors (Lipinski definition) is 1. The summed E-state index contributed by atoms with van der Waals surface area (Å²) in [7, 11) is 1.78. The second-order valence-corrected chi connectivity index (χ2v) is 3.72. The Morgan fingerprint density at radius 3 is 2.00 bits per heavy atom. The first-order valence-electron chi connectivity index (χ1n) is 4.69. The largest absolute Gasteiger partial charge is 0.382 e. The van der Waals surface area contributed by atoms with E-state index in [1.54, 1.807) is 7.11 Å². The molecule has 11 heavy (non-hydrogen) atoms. The van der Waals surface area contributed by atoms with Crippen LogP contribution in [-0.2, 0) is 4.74 Å². The van der Waals surface area contributed by atoms with Gasteiger partial charge in [-0.3, -0.25) is 0 Å². The molecule has 1 atom stereocenters. The predicted molar refractivity (Wildman–Crippen MR) is 49.8 cm³/mol. The summed E-state index contributed by atoms with van der Waals surface area (Å²) in [6, 6.07) is 0. The second kappa shape index (κ2) is 6.66. The summed E-state index contributed by atoms with van der Waals surface area (Å²) in [5.41, 5.74) is 0. The van der Waals surface area contributed by atoms with Gasteiger partial charge in [-0.1, -0.05) is 33.1 Å². The fourth-order valence-electron chi connectivity index (χ4n) is 1.10. The third-order valence-electron chi connectivity index (χ3n) is 2.04. The van der Waals surface area contributed by atoms with E-state index in [1.807, 2.05) is 0 Å². The van der Waals surface area contributed by atoms with Gasteiger partial charge >= 0.3 is 0 Å². The van der Waals surface area contributed by atoms with E-state index in [1.165, 1.54) is 25.7 Å². The molecule has 1 heteroatoms. The molecule has 0 saturated carbocycles. The van der Waals surface area contributed by atoms with E-state index < -0.39 is 0 Å². The van der Waals surface area contributed by atoms with Gasteiger partial charge in [0.05, 0.1) is 6.10 Å². The van der Waals surface area contributed by atoms with Crippen LogP contribution in [-0.4, -0.2) is 13.2 Å². The van der Waals surface area contributed by atoms with Crippen LogP contribution in [0.2, 0.25) is 0 Å². The summed E-state index contributed by atoms with van der Waals surface area (Å²) in [5.74, 6) is 0.854. The Hall–Kier alpha value is -0.0400. The van der Waals surface area contributed by atoms with Gasteiger partial charge < -0.3 is 4.74 Å². The Kier molecular flexibility index (Phi) is 6.63. The van der Waals surface area contributed by atoms with Crippen LogP contribution in [0.15, 0.2) is 0 Å². The number of rotatable bonds is 6. The Morgan fingerprint density at radius 1 is 1.00 bits per heavy atom. The van der Waals surface area contributed by atoms with Crippen molar-refractivity contribution in [3.8, 4) is 0 Å². The lowest BCUT2D eigenvalue weighted by Gasteiger charge is -2.09. The molecule has 0 aromatic carbocycles. The number of ether oxygens (including phenoxy) is 1. The average molecular weight is 158 g/mol. The first-order chi connectivity index (χ1) is 5.16. The summed E-state index contributed by atoms with van der Waals surface area (Å²) < 4.78 is 5.16. The van der Waals surface area contributed by atoms with E-state index in [2.05, 4.69) is 20.8 Å². The van der Waals surface area contributed by atoms with Gasteiger partial charge in [0.25, 0.3) is 0 Å². The standard InChI is InChI=1S/C10H22O/c1-9(2)7-5-6-8-10(3)11-4/h9-10H,5-8H2,1-4H3. The average Bonchev–Trinajstić information content (AvgIpc) is 1.97. The van der Waals surface area contributed by atoms with Crippen LogP contribution in [0.1, 0.15) is 46.5 Å². The monoisotopic (exact) mass is 158 g/mol. The molecule has 68 valence electrons. The van der Waals surface area contributed by atoms with Crippen molar-refractivity contribution < 1.29 is 4.74 Å². The molecule has 0 N–H and O–H groups in total. The van der Waals surface area contributed by atoms with Gasteiger partial charge in [0.15, 0.2) is 0 Å². The highest BCUT2D eigenvalue weighted by atomic mass is 16.5. The molecule has 0 spiro atoms. The summed E-state index contributed by atoms with van der Waals surface area (Å²) in [6.07, 6.45) is 5.68. The SMILES string of the molecule is COC(C)CCCCC(C)C. The van der Waals surface area contributed by atoms with E-state index >= 15 is 0 Å². The summed E-state index contributed by atoms with van der Waals surface area (Å²) >= 11 is 0. The van der Waals surface area contributed by atoms with Crippen molar-refractivity contribution in [2.24, 2.45) is 5.92 Å². The molecule has 0 radical (unpaired) electrons. The van der Waals surface area contributed by atoms with Crippen molar-refractivity contribution in [3.63, 3.8) is 0 Å². The maximum atomic E-state index is 5.16. The van der Waals surface area contributed by atoms with Gasteiger partial charge in [-0.2, -0.15) is 0 Å². The lowest BCUT2D eigenvalue weighted by Crippen LogP contribution is -2.03. The van der Waals surface area contributed by atoms with Crippen LogP contribution in [0, 0.1) is 5.92 Å². The Labute approximate surface area is 71.1 Å². The van der Waals surface area contributed by atoms with Gasteiger partial charge in [-0.05, 0) is 19.3 Å². The van der Waals surface area contributed by atoms with Crippen molar-refractivity contribution in [2.75, 3.05) is 7.11 Å². The molecule has 0 aromatic heterocycles. The van der Waals surface area contributed by atoms with Crippen LogP contribution in [0.3, 0.4) is 0 Å². The van der Waals surface area contributed by atoms with Crippen molar-refractivity contribution >= 4 is 0 Å². The molecule has 1 unspecified atom stereocenters. The normalized spacial score (nSPS) is 13.9. The van der Waals surface area contributed by atoms with Crippen molar-refractivity contribution in [3.05, 3.63) is 0 Å². The minimum absolute atomic E-state index is 0.446. The minimum atomic E-state index is 0.446. The van der Waals surface area contributed by atoms with Crippen LogP contribution in [0.5, 0.6) is 0 Å². The maximum Gasteiger partial charge on any atom is 0.0543 e. The maximum absolute atomic E-state index is 5.16. The number of methoxy groups -OCH3 is 1. The number of unbranched alkanes of at least 4 members (excludes halogenated alkanes) is 1. The van der Waals surface area contributed by atoms with E-state index in [9.17, 15) is 0 Å². The zero-order valence-corrected chi connectivity index (χ0v) is 8.39. The molecule has 0 rings (SSSR count). The van der Waals surface area contributed by atoms with Gasteiger partial charge in [0, 0.05) is 7.11 Å². The summed E-state index contributed by atoms with van der Waals surface area (Å²) in [6.45, 7) is 6.69. The molecule has 0 bridgehead atoms. The first kappa shape index (κ1) is 11.0. The Balaban J connectivity index is 3.01. The quantitative estimate of drug-likeness (QED) is 0.539. The topological polar surface area (TPSA) is 9.23 Å². The molecule has 1 nitrogen and oxygen atoms in total. The van der Waals surface area contributed by atoms with E-state index in [0.29, 0.717) is 6.10 Å². The highest BCUT2D eigenvalue weighted by Gasteiger charge is 1.99. The highest BCUT2D eigenvalue weighted by Crippen LogP contribution is 2.10. The zero-order chi connectivity index (χ0) is 8.69. The number of hydrogen-bond donors (Lipinski definition) is 0. The van der Waals surface area contributed by atoms with Crippen LogP contribution in [0.25, 0.3) is 0 Å². The van der Waals surface area contributed by atoms with Crippen molar-refractivity contribution in [1.82, 2.24) is 0 Å². The molecule has 0 aliphatic carbocycles. The van der Waals surface area contributed by atoms with Gasteiger partial charge in [-0.15, -0.1) is 0 Å². The fraction of sp³-hybridized carbons (Fsp3) is 1.00. The molecule has 0 amide bonds. The highest BCUT2D eigenvalue weighted by molar-refractivity contribution is 4.51. The van der Waals surface area contributed by atoms with Gasteiger partial charge in [-0.25, -0.2) is 0 Å². The molecule has 0 fully saturated rings. The van der Waals surface area contributed by atoms with Crippen LogP contribution >= 0.6 is 0 Å². The Morgan fingerprint density at radius 2 is 1.55 bits per heavy atom. The minimum Gasteiger partial charge on any atom is -0.382 e. The molecular formula is C10H22O. The van der Waals surface area contributed by atoms with Crippen molar-refractivity contribution in [1.29, 1.82) is 0 Å². The van der Waals surface area contributed by atoms with Gasteiger partial charge in [0.1, 0.15) is 0 Å². The molecule has 0 saturated heterocycles. The first-order valence-corrected chi connectivity index (χ1v) is 4.69. The second-order valence-electron chi connectivity index (χ2n) is 3.72. The van der Waals surface area contributed by atoms with Crippen LogP contribution < -0.4 is 0 Å².